The van der Waals surface area contributed by atoms with E-state index in [1.165, 1.54) is 12.1 Å². The lowest BCUT2D eigenvalue weighted by Crippen LogP contribution is -2.32. The average molecular weight is 360 g/mol. The molecule has 0 saturated carbocycles. The molecule has 6 heteroatoms. The third kappa shape index (κ3) is 5.83. The Balaban J connectivity index is 2.38. The van der Waals surface area contributed by atoms with Crippen LogP contribution in [0.5, 0.6) is 0 Å². The maximum atomic E-state index is 13.1. The van der Waals surface area contributed by atoms with E-state index in [0.29, 0.717) is 19.4 Å². The van der Waals surface area contributed by atoms with Gasteiger partial charge in [0.05, 0.1) is 5.41 Å². The molecular formula is C15H19BrFNO3. The molecule has 0 radical (unpaired) electrons. The van der Waals surface area contributed by atoms with E-state index in [9.17, 15) is 14.0 Å². The highest BCUT2D eigenvalue weighted by Crippen LogP contribution is 2.20. The van der Waals surface area contributed by atoms with Crippen LogP contribution in [-0.4, -0.2) is 23.5 Å². The van der Waals surface area contributed by atoms with E-state index in [-0.39, 0.29) is 18.1 Å². The Kier molecular flexibility index (Phi) is 6.33. The lowest BCUT2D eigenvalue weighted by Gasteiger charge is -2.18. The van der Waals surface area contributed by atoms with Crippen molar-refractivity contribution in [1.29, 1.82) is 0 Å². The number of nitrogens with one attached hydrogen (secondary N) is 1. The van der Waals surface area contributed by atoms with Crippen molar-refractivity contribution in [2.24, 2.45) is 5.41 Å². The van der Waals surface area contributed by atoms with Crippen LogP contribution in [0.15, 0.2) is 22.7 Å². The molecule has 116 valence electrons. The van der Waals surface area contributed by atoms with Crippen LogP contribution in [0.2, 0.25) is 0 Å². The summed E-state index contributed by atoms with van der Waals surface area (Å²) in [6.45, 7) is 3.54. The zero-order valence-corrected chi connectivity index (χ0v) is 13.7. The van der Waals surface area contributed by atoms with Crippen LogP contribution >= 0.6 is 15.9 Å². The van der Waals surface area contributed by atoms with Gasteiger partial charge < -0.3 is 10.4 Å². The maximum Gasteiger partial charge on any atom is 0.309 e. The van der Waals surface area contributed by atoms with Crippen LogP contribution in [0.25, 0.3) is 0 Å². The number of aliphatic carboxylic acids is 1. The van der Waals surface area contributed by atoms with Gasteiger partial charge in [0.1, 0.15) is 5.82 Å². The van der Waals surface area contributed by atoms with Crippen LogP contribution in [-0.2, 0) is 16.0 Å². The first kappa shape index (κ1) is 17.6. The van der Waals surface area contributed by atoms with E-state index in [1.54, 1.807) is 19.9 Å². The Hall–Kier alpha value is -1.43. The number of aryl methyl sites for hydroxylation is 1. The summed E-state index contributed by atoms with van der Waals surface area (Å²) >= 11 is 3.31. The van der Waals surface area contributed by atoms with Crippen molar-refractivity contribution in [1.82, 2.24) is 5.32 Å². The number of amides is 1. The number of hydrogen-bond acceptors (Lipinski definition) is 2. The van der Waals surface area contributed by atoms with Crippen molar-refractivity contribution in [3.63, 3.8) is 0 Å². The molecule has 4 nitrogen and oxygen atoms in total. The van der Waals surface area contributed by atoms with Gasteiger partial charge in [-0.15, -0.1) is 0 Å². The third-order valence-corrected chi connectivity index (χ3v) is 4.05. The predicted molar refractivity (Wildman–Crippen MR) is 81.5 cm³/mol. The molecule has 0 unspecified atom stereocenters. The largest absolute Gasteiger partial charge is 0.481 e. The molecule has 21 heavy (non-hydrogen) atoms. The minimum atomic E-state index is -0.888. The first-order chi connectivity index (χ1) is 9.72. The molecule has 1 aromatic rings. The number of rotatable bonds is 7. The van der Waals surface area contributed by atoms with Gasteiger partial charge >= 0.3 is 5.97 Å². The van der Waals surface area contributed by atoms with Crippen LogP contribution in [0.1, 0.15) is 32.3 Å². The zero-order valence-electron chi connectivity index (χ0n) is 12.1. The van der Waals surface area contributed by atoms with Crippen molar-refractivity contribution < 1.29 is 19.1 Å². The Morgan fingerprint density at radius 1 is 1.38 bits per heavy atom. The fourth-order valence-electron chi connectivity index (χ4n) is 1.69. The lowest BCUT2D eigenvalue weighted by atomic mass is 9.90. The number of carboxylic acid groups (broad SMARTS) is 1. The van der Waals surface area contributed by atoms with Gasteiger partial charge in [0.15, 0.2) is 0 Å². The summed E-state index contributed by atoms with van der Waals surface area (Å²) in [6.07, 6.45) is 1.01. The normalized spacial score (nSPS) is 11.2. The van der Waals surface area contributed by atoms with Gasteiger partial charge in [-0.05, 0) is 50.5 Å². The molecule has 0 heterocycles. The van der Waals surface area contributed by atoms with Gasteiger partial charge in [0.2, 0.25) is 5.91 Å². The standard InChI is InChI=1S/C15H19BrFNO3/c1-15(2,14(20)21)7-8-18-13(19)6-3-10-9-11(17)4-5-12(10)16/h4-5,9H,3,6-8H2,1-2H3,(H,18,19)(H,20,21). The highest BCUT2D eigenvalue weighted by atomic mass is 79.9. The summed E-state index contributed by atoms with van der Waals surface area (Å²) in [5.41, 5.74) is -0.130. The second kappa shape index (κ2) is 7.54. The summed E-state index contributed by atoms with van der Waals surface area (Å²) in [5, 5.41) is 11.6. The van der Waals surface area contributed by atoms with Gasteiger partial charge in [-0.3, -0.25) is 9.59 Å². The van der Waals surface area contributed by atoms with Gasteiger partial charge in [-0.25, -0.2) is 4.39 Å². The van der Waals surface area contributed by atoms with Gasteiger partial charge in [-0.2, -0.15) is 0 Å². The summed E-state index contributed by atoms with van der Waals surface area (Å²) in [6, 6.07) is 4.35. The van der Waals surface area contributed by atoms with E-state index in [2.05, 4.69) is 21.2 Å². The minimum absolute atomic E-state index is 0.174. The predicted octanol–water partition coefficient (Wildman–Crippen LogP) is 3.14. The quantitative estimate of drug-likeness (QED) is 0.785. The first-order valence-electron chi connectivity index (χ1n) is 6.66. The number of carbonyl (C=O) groups excluding carboxylic acids is 1. The molecule has 0 spiro atoms. The monoisotopic (exact) mass is 359 g/mol. The number of benzene rings is 1. The fraction of sp³-hybridized carbons (Fsp3) is 0.467. The number of carbonyl (C=O) groups is 2. The highest BCUT2D eigenvalue weighted by molar-refractivity contribution is 9.10. The first-order valence-corrected chi connectivity index (χ1v) is 7.46. The van der Waals surface area contributed by atoms with Gasteiger partial charge in [0, 0.05) is 17.4 Å². The molecule has 1 rings (SSSR count). The van der Waals surface area contributed by atoms with Crippen molar-refractivity contribution in [3.05, 3.63) is 34.1 Å². The van der Waals surface area contributed by atoms with E-state index in [0.717, 1.165) is 10.0 Å². The molecule has 0 fully saturated rings. The molecule has 0 aliphatic carbocycles. The van der Waals surface area contributed by atoms with Crippen LogP contribution in [0.3, 0.4) is 0 Å². The molecule has 0 aliphatic heterocycles. The zero-order chi connectivity index (χ0) is 16.0. The van der Waals surface area contributed by atoms with E-state index >= 15 is 0 Å². The van der Waals surface area contributed by atoms with Crippen LogP contribution in [0.4, 0.5) is 4.39 Å². The minimum Gasteiger partial charge on any atom is -0.481 e. The van der Waals surface area contributed by atoms with Gasteiger partial charge in [0.25, 0.3) is 0 Å². The molecule has 0 aromatic heterocycles. The fourth-order valence-corrected chi connectivity index (χ4v) is 2.14. The molecule has 0 atom stereocenters. The van der Waals surface area contributed by atoms with Crippen molar-refractivity contribution in [2.75, 3.05) is 6.54 Å². The Morgan fingerprint density at radius 2 is 2.05 bits per heavy atom. The summed E-state index contributed by atoms with van der Waals surface area (Å²) in [4.78, 5) is 22.6. The highest BCUT2D eigenvalue weighted by Gasteiger charge is 2.26. The Morgan fingerprint density at radius 3 is 2.67 bits per heavy atom. The van der Waals surface area contributed by atoms with Crippen molar-refractivity contribution >= 4 is 27.8 Å². The molecule has 0 saturated heterocycles. The number of carboxylic acids is 1. The molecule has 2 N–H and O–H groups in total. The SMILES string of the molecule is CC(C)(CCNC(=O)CCc1cc(F)ccc1Br)C(=O)O. The second-order valence-electron chi connectivity index (χ2n) is 5.52. The topological polar surface area (TPSA) is 66.4 Å². The molecule has 0 bridgehead atoms. The number of halogens is 2. The summed E-state index contributed by atoms with van der Waals surface area (Å²) < 4.78 is 13.9. The average Bonchev–Trinajstić information content (AvgIpc) is 2.39. The third-order valence-electron chi connectivity index (χ3n) is 3.28. The Bertz CT molecular complexity index is 532. The molecule has 1 aromatic carbocycles. The van der Waals surface area contributed by atoms with Gasteiger partial charge in [-0.1, -0.05) is 15.9 Å². The van der Waals surface area contributed by atoms with E-state index in [1.807, 2.05) is 0 Å². The lowest BCUT2D eigenvalue weighted by molar-refractivity contribution is -0.147. The molecular weight excluding hydrogens is 341 g/mol. The second-order valence-corrected chi connectivity index (χ2v) is 6.38. The van der Waals surface area contributed by atoms with Crippen molar-refractivity contribution in [2.45, 2.75) is 33.1 Å². The smallest absolute Gasteiger partial charge is 0.309 e. The Labute approximate surface area is 131 Å². The maximum absolute atomic E-state index is 13.1. The van der Waals surface area contributed by atoms with E-state index < -0.39 is 11.4 Å². The van der Waals surface area contributed by atoms with Crippen LogP contribution in [0, 0.1) is 11.2 Å². The van der Waals surface area contributed by atoms with E-state index in [4.69, 9.17) is 5.11 Å². The molecule has 0 aliphatic rings. The summed E-state index contributed by atoms with van der Waals surface area (Å²) in [7, 11) is 0. The molecule has 1 amide bonds. The van der Waals surface area contributed by atoms with Crippen molar-refractivity contribution in [3.8, 4) is 0 Å². The summed E-state index contributed by atoms with van der Waals surface area (Å²) in [5.74, 6) is -1.40. The van der Waals surface area contributed by atoms with Crippen LogP contribution < -0.4 is 5.32 Å². The number of hydrogen-bond donors (Lipinski definition) is 2.